The van der Waals surface area contributed by atoms with Crippen molar-refractivity contribution < 1.29 is 22.7 Å². The molecule has 0 aliphatic carbocycles. The van der Waals surface area contributed by atoms with Gasteiger partial charge < -0.3 is 14.8 Å². The molecule has 1 atom stereocenters. The van der Waals surface area contributed by atoms with Gasteiger partial charge in [-0.05, 0) is 25.1 Å². The van der Waals surface area contributed by atoms with Crippen LogP contribution in [0.4, 0.5) is 5.69 Å². The number of sulfone groups is 1. The van der Waals surface area contributed by atoms with Crippen LogP contribution in [0.3, 0.4) is 0 Å². The van der Waals surface area contributed by atoms with Gasteiger partial charge >= 0.3 is 0 Å². The van der Waals surface area contributed by atoms with Gasteiger partial charge in [-0.1, -0.05) is 42.5 Å². The lowest BCUT2D eigenvalue weighted by Crippen LogP contribution is -2.24. The third kappa shape index (κ3) is 3.91. The largest absolute Gasteiger partial charge is 0.493 e. The maximum absolute atomic E-state index is 13.3. The molecule has 2 heterocycles. The van der Waals surface area contributed by atoms with Crippen LogP contribution in [0.5, 0.6) is 11.5 Å². The molecule has 1 aliphatic rings. The van der Waals surface area contributed by atoms with Gasteiger partial charge in [0.25, 0.3) is 0 Å². The highest BCUT2D eigenvalue weighted by molar-refractivity contribution is 7.91. The molecular formula is C24H23NO5S2. The molecule has 4 rings (SSSR count). The highest BCUT2D eigenvalue weighted by Gasteiger charge is 2.36. The molecule has 1 amide bonds. The van der Waals surface area contributed by atoms with E-state index in [1.165, 1.54) is 11.3 Å². The monoisotopic (exact) mass is 469 g/mol. The van der Waals surface area contributed by atoms with Gasteiger partial charge in [-0.2, -0.15) is 0 Å². The smallest absolute Gasteiger partial charge is 0.225 e. The fourth-order valence-corrected chi connectivity index (χ4v) is 6.66. The summed E-state index contributed by atoms with van der Waals surface area (Å²) in [6, 6.07) is 12.2. The van der Waals surface area contributed by atoms with E-state index in [0.29, 0.717) is 17.2 Å². The number of rotatable bonds is 7. The lowest BCUT2D eigenvalue weighted by molar-refractivity contribution is -0.116. The van der Waals surface area contributed by atoms with Crippen molar-refractivity contribution in [3.8, 4) is 11.5 Å². The van der Waals surface area contributed by atoms with Crippen LogP contribution in [0.1, 0.15) is 28.3 Å². The molecular weight excluding hydrogens is 446 g/mol. The molecule has 0 fully saturated rings. The number of nitrogens with one attached hydrogen (secondary N) is 1. The molecule has 1 unspecified atom stereocenters. The van der Waals surface area contributed by atoms with Crippen LogP contribution >= 0.6 is 11.3 Å². The molecule has 3 aromatic rings. The summed E-state index contributed by atoms with van der Waals surface area (Å²) in [7, 11) is -2.24. The van der Waals surface area contributed by atoms with Gasteiger partial charge in [0.1, 0.15) is 11.5 Å². The van der Waals surface area contributed by atoms with Crippen LogP contribution in [0.2, 0.25) is 0 Å². The molecule has 0 bridgehead atoms. The average Bonchev–Trinajstić information content (AvgIpc) is 3.21. The van der Waals surface area contributed by atoms with E-state index in [4.69, 9.17) is 9.47 Å². The van der Waals surface area contributed by atoms with E-state index in [2.05, 4.69) is 11.9 Å². The Kier molecular flexibility index (Phi) is 6.08. The van der Waals surface area contributed by atoms with Crippen molar-refractivity contribution in [2.75, 3.05) is 19.0 Å². The first-order valence-electron chi connectivity index (χ1n) is 10.0. The van der Waals surface area contributed by atoms with Gasteiger partial charge in [-0.3, -0.25) is 4.79 Å². The van der Waals surface area contributed by atoms with Crippen molar-refractivity contribution in [1.82, 2.24) is 0 Å². The number of anilines is 1. The van der Waals surface area contributed by atoms with Crippen LogP contribution in [0, 0.1) is 6.92 Å². The summed E-state index contributed by atoms with van der Waals surface area (Å²) in [6.45, 7) is 5.86. The van der Waals surface area contributed by atoms with E-state index >= 15 is 0 Å². The van der Waals surface area contributed by atoms with Crippen molar-refractivity contribution >= 4 is 32.8 Å². The lowest BCUT2D eigenvalue weighted by Gasteiger charge is -2.26. The van der Waals surface area contributed by atoms with Crippen LogP contribution < -0.4 is 14.8 Å². The molecule has 0 spiro atoms. The number of carbonyl (C=O) groups excluding carboxylic acids is 1. The maximum Gasteiger partial charge on any atom is 0.225 e. The molecule has 0 saturated carbocycles. The summed E-state index contributed by atoms with van der Waals surface area (Å²) in [5.41, 5.74) is 2.08. The van der Waals surface area contributed by atoms with Crippen molar-refractivity contribution in [1.29, 1.82) is 0 Å². The highest BCUT2D eigenvalue weighted by atomic mass is 32.2. The number of amides is 1. The van der Waals surface area contributed by atoms with E-state index in [9.17, 15) is 13.2 Å². The van der Waals surface area contributed by atoms with E-state index in [0.717, 1.165) is 16.0 Å². The number of para-hydroxylation sites is 1. The van der Waals surface area contributed by atoms with E-state index in [-0.39, 0.29) is 34.6 Å². The van der Waals surface area contributed by atoms with Gasteiger partial charge in [-0.15, -0.1) is 11.3 Å². The fourth-order valence-electron chi connectivity index (χ4n) is 3.76. The van der Waals surface area contributed by atoms with Gasteiger partial charge in [-0.25, -0.2) is 8.42 Å². The topological polar surface area (TPSA) is 81.7 Å². The Bertz CT molecular complexity index is 1280. The third-order valence-electron chi connectivity index (χ3n) is 5.33. The summed E-state index contributed by atoms with van der Waals surface area (Å²) < 4.78 is 38.0. The zero-order valence-corrected chi connectivity index (χ0v) is 19.4. The predicted octanol–water partition coefficient (Wildman–Crippen LogP) is 4.94. The Balaban J connectivity index is 1.83. The molecule has 1 N–H and O–H groups in total. The molecule has 1 aliphatic heterocycles. The molecule has 32 heavy (non-hydrogen) atoms. The first-order valence-corrected chi connectivity index (χ1v) is 12.4. The minimum atomic E-state index is -3.79. The first kappa shape index (κ1) is 22.1. The summed E-state index contributed by atoms with van der Waals surface area (Å²) >= 11 is 1.32. The van der Waals surface area contributed by atoms with Crippen molar-refractivity contribution in [3.63, 3.8) is 0 Å². The molecule has 0 saturated heterocycles. The maximum atomic E-state index is 13.3. The van der Waals surface area contributed by atoms with E-state index in [1.54, 1.807) is 48.9 Å². The Labute approximate surface area is 191 Å². The van der Waals surface area contributed by atoms with Gasteiger partial charge in [0.05, 0.1) is 17.7 Å². The van der Waals surface area contributed by atoms with Crippen LogP contribution in [0.15, 0.2) is 70.3 Å². The summed E-state index contributed by atoms with van der Waals surface area (Å²) in [4.78, 5) is 13.7. The minimum Gasteiger partial charge on any atom is -0.493 e. The number of carbonyl (C=O) groups is 1. The Morgan fingerprint density at radius 2 is 1.97 bits per heavy atom. The molecule has 8 heteroatoms. The van der Waals surface area contributed by atoms with Gasteiger partial charge in [0.2, 0.25) is 15.7 Å². The zero-order valence-electron chi connectivity index (χ0n) is 17.8. The first-order chi connectivity index (χ1) is 15.4. The Morgan fingerprint density at radius 1 is 1.22 bits per heavy atom. The Hall–Kier alpha value is -3.10. The molecule has 0 radical (unpaired) electrons. The van der Waals surface area contributed by atoms with Crippen molar-refractivity contribution in [2.45, 2.75) is 29.1 Å². The van der Waals surface area contributed by atoms with Crippen LogP contribution in [-0.4, -0.2) is 28.0 Å². The van der Waals surface area contributed by atoms with Crippen LogP contribution in [0.25, 0.3) is 0 Å². The van der Waals surface area contributed by atoms with Crippen molar-refractivity contribution in [3.05, 3.63) is 76.5 Å². The quantitative estimate of drug-likeness (QED) is 0.496. The van der Waals surface area contributed by atoms with E-state index < -0.39 is 9.84 Å². The lowest BCUT2D eigenvalue weighted by atomic mass is 9.89. The average molecular weight is 470 g/mol. The highest BCUT2D eigenvalue weighted by Crippen LogP contribution is 2.49. The second-order valence-electron chi connectivity index (χ2n) is 7.44. The number of aryl methyl sites for hydroxylation is 1. The number of hydrogen-bond acceptors (Lipinski definition) is 6. The number of benzene rings is 2. The number of methoxy groups -OCH3 is 1. The summed E-state index contributed by atoms with van der Waals surface area (Å²) in [5, 5.41) is 4.39. The van der Waals surface area contributed by atoms with Gasteiger partial charge in [0.15, 0.2) is 11.5 Å². The summed E-state index contributed by atoms with van der Waals surface area (Å²) in [5.74, 6) is 0.456. The minimum absolute atomic E-state index is 0.107. The number of fused-ring (bicyclic) bond motifs is 1. The zero-order chi connectivity index (χ0) is 22.9. The normalized spacial score (nSPS) is 15.6. The molecule has 6 nitrogen and oxygen atoms in total. The second kappa shape index (κ2) is 8.80. The molecule has 1 aromatic heterocycles. The molecule has 166 valence electrons. The molecule has 2 aromatic carbocycles. The standard InChI is InChI=1S/C24H23NO5S2/c1-4-12-30-23-17(6-5-7-19(23)29-3)18-13-21(26)25-22-20(14-31-24(18)22)32(27,28)16-10-8-15(2)9-11-16/h4-11,14,18H,1,12-13H2,2-3H3,(H,25,26). The Morgan fingerprint density at radius 3 is 2.66 bits per heavy atom. The number of hydrogen-bond donors (Lipinski definition) is 1. The fraction of sp³-hybridized carbons (Fsp3) is 0.208. The predicted molar refractivity (Wildman–Crippen MR) is 125 cm³/mol. The number of ether oxygens (including phenoxy) is 2. The van der Waals surface area contributed by atoms with Gasteiger partial charge in [0, 0.05) is 28.2 Å². The SMILES string of the molecule is C=CCOc1c(OC)cccc1C1CC(=O)Nc2c(S(=O)(=O)c3ccc(C)cc3)csc21. The third-order valence-corrected chi connectivity index (χ3v) is 8.37. The summed E-state index contributed by atoms with van der Waals surface area (Å²) in [6.07, 6.45) is 1.81. The van der Waals surface area contributed by atoms with Crippen LogP contribution in [-0.2, 0) is 14.6 Å². The van der Waals surface area contributed by atoms with E-state index in [1.807, 2.05) is 19.1 Å². The van der Waals surface area contributed by atoms with Crippen molar-refractivity contribution in [2.24, 2.45) is 0 Å². The number of thiophene rings is 1. The second-order valence-corrected chi connectivity index (χ2v) is 10.3.